The monoisotopic (exact) mass is 250 g/mol. The zero-order valence-corrected chi connectivity index (χ0v) is 11.6. The number of hydrogen-bond acceptors (Lipinski definition) is 3. The summed E-state index contributed by atoms with van der Waals surface area (Å²) in [4.78, 5) is 12.8. The molecule has 4 heteroatoms. The van der Waals surface area contributed by atoms with E-state index in [1.807, 2.05) is 26.2 Å². The van der Waals surface area contributed by atoms with Crippen molar-refractivity contribution < 1.29 is 9.53 Å². The number of benzene rings is 1. The van der Waals surface area contributed by atoms with Crippen molar-refractivity contribution in [1.29, 1.82) is 0 Å². The number of nitrogens with one attached hydrogen (secondary N) is 1. The van der Waals surface area contributed by atoms with Crippen molar-refractivity contribution >= 4 is 11.6 Å². The summed E-state index contributed by atoms with van der Waals surface area (Å²) in [6.07, 6.45) is 0.811. The lowest BCUT2D eigenvalue weighted by atomic mass is 10.1. The highest BCUT2D eigenvalue weighted by molar-refractivity contribution is 5.72. The third-order valence-corrected chi connectivity index (χ3v) is 2.69. The molecule has 18 heavy (non-hydrogen) atoms. The molecule has 1 N–H and O–H groups in total. The van der Waals surface area contributed by atoms with Crippen LogP contribution in [0.25, 0.3) is 0 Å². The van der Waals surface area contributed by atoms with Crippen LogP contribution in [0.1, 0.15) is 18.9 Å². The molecule has 0 bridgehead atoms. The van der Waals surface area contributed by atoms with Crippen LogP contribution in [0.2, 0.25) is 0 Å². The van der Waals surface area contributed by atoms with Crippen molar-refractivity contribution in [3.05, 3.63) is 23.8 Å². The second kappa shape index (κ2) is 6.89. The first-order valence-electron chi connectivity index (χ1n) is 6.16. The van der Waals surface area contributed by atoms with Crippen molar-refractivity contribution in [2.45, 2.75) is 20.3 Å². The largest absolute Gasteiger partial charge is 0.493 e. The van der Waals surface area contributed by atoms with E-state index in [0.717, 1.165) is 23.4 Å². The van der Waals surface area contributed by atoms with E-state index in [4.69, 9.17) is 4.74 Å². The van der Waals surface area contributed by atoms with Gasteiger partial charge in [0.25, 0.3) is 0 Å². The summed E-state index contributed by atoms with van der Waals surface area (Å²) in [5.41, 5.74) is 2.30. The van der Waals surface area contributed by atoms with E-state index in [0.29, 0.717) is 13.2 Å². The van der Waals surface area contributed by atoms with Gasteiger partial charge in [-0.2, -0.15) is 0 Å². The Morgan fingerprint density at radius 2 is 2.11 bits per heavy atom. The fraction of sp³-hybridized carbons (Fsp3) is 0.500. The molecule has 0 saturated heterocycles. The summed E-state index contributed by atoms with van der Waals surface area (Å²) in [5.74, 6) is 0.907. The van der Waals surface area contributed by atoms with Gasteiger partial charge in [0.1, 0.15) is 5.75 Å². The topological polar surface area (TPSA) is 41.6 Å². The Hall–Kier alpha value is -1.71. The van der Waals surface area contributed by atoms with E-state index in [1.165, 1.54) is 6.92 Å². The SMILES string of the molecule is CC(=O)NCCCOc1cccc(N(C)C)c1C. The number of ether oxygens (including phenoxy) is 1. The molecule has 0 unspecified atom stereocenters. The summed E-state index contributed by atoms with van der Waals surface area (Å²) in [6.45, 7) is 4.84. The van der Waals surface area contributed by atoms with Gasteiger partial charge < -0.3 is 15.0 Å². The van der Waals surface area contributed by atoms with Crippen LogP contribution in [-0.2, 0) is 4.79 Å². The molecule has 0 fully saturated rings. The van der Waals surface area contributed by atoms with Gasteiger partial charge in [0.2, 0.25) is 5.91 Å². The van der Waals surface area contributed by atoms with E-state index in [2.05, 4.69) is 23.2 Å². The Bertz CT molecular complexity index is 403. The van der Waals surface area contributed by atoms with E-state index in [-0.39, 0.29) is 5.91 Å². The fourth-order valence-corrected chi connectivity index (χ4v) is 1.76. The summed E-state index contributed by atoms with van der Waals surface area (Å²) in [7, 11) is 4.03. The highest BCUT2D eigenvalue weighted by Crippen LogP contribution is 2.27. The highest BCUT2D eigenvalue weighted by Gasteiger charge is 2.06. The Kier molecular flexibility index (Phi) is 5.49. The Balaban J connectivity index is 2.47. The minimum Gasteiger partial charge on any atom is -0.493 e. The lowest BCUT2D eigenvalue weighted by molar-refractivity contribution is -0.118. The van der Waals surface area contributed by atoms with E-state index < -0.39 is 0 Å². The van der Waals surface area contributed by atoms with Crippen LogP contribution in [0, 0.1) is 6.92 Å². The maximum atomic E-state index is 10.7. The molecule has 100 valence electrons. The van der Waals surface area contributed by atoms with Gasteiger partial charge in [-0.3, -0.25) is 4.79 Å². The molecule has 0 aromatic heterocycles. The predicted octanol–water partition coefficient (Wildman–Crippen LogP) is 1.97. The fourth-order valence-electron chi connectivity index (χ4n) is 1.76. The van der Waals surface area contributed by atoms with Gasteiger partial charge in [-0.05, 0) is 25.5 Å². The Morgan fingerprint density at radius 1 is 1.39 bits per heavy atom. The van der Waals surface area contributed by atoms with Gasteiger partial charge in [0.05, 0.1) is 6.61 Å². The lowest BCUT2D eigenvalue weighted by Gasteiger charge is -2.18. The molecule has 0 radical (unpaired) electrons. The number of carbonyl (C=O) groups excluding carboxylic acids is 1. The van der Waals surface area contributed by atoms with E-state index in [1.54, 1.807) is 0 Å². The molecule has 4 nitrogen and oxygen atoms in total. The van der Waals surface area contributed by atoms with Crippen molar-refractivity contribution in [3.8, 4) is 5.75 Å². The highest BCUT2D eigenvalue weighted by atomic mass is 16.5. The average Bonchev–Trinajstić information content (AvgIpc) is 2.30. The second-order valence-electron chi connectivity index (χ2n) is 4.48. The molecule has 0 spiro atoms. The van der Waals surface area contributed by atoms with Gasteiger partial charge in [-0.25, -0.2) is 0 Å². The number of hydrogen-bond donors (Lipinski definition) is 1. The second-order valence-corrected chi connectivity index (χ2v) is 4.48. The minimum absolute atomic E-state index is 0.000727. The standard InChI is InChI=1S/C14H22N2O2/c1-11-13(16(3)4)7-5-8-14(11)18-10-6-9-15-12(2)17/h5,7-8H,6,9-10H2,1-4H3,(H,15,17). The smallest absolute Gasteiger partial charge is 0.216 e. The van der Waals surface area contributed by atoms with Crippen molar-refractivity contribution in [2.24, 2.45) is 0 Å². The Morgan fingerprint density at radius 3 is 2.72 bits per heavy atom. The van der Waals surface area contributed by atoms with Crippen LogP contribution in [0.5, 0.6) is 5.75 Å². The molecule has 0 atom stereocenters. The zero-order valence-electron chi connectivity index (χ0n) is 11.6. The molecule has 0 saturated carbocycles. The maximum Gasteiger partial charge on any atom is 0.216 e. The lowest BCUT2D eigenvalue weighted by Crippen LogP contribution is -2.22. The molecular weight excluding hydrogens is 228 g/mol. The van der Waals surface area contributed by atoms with Gasteiger partial charge >= 0.3 is 0 Å². The number of amides is 1. The van der Waals surface area contributed by atoms with Gasteiger partial charge in [-0.1, -0.05) is 6.07 Å². The summed E-state index contributed by atoms with van der Waals surface area (Å²) < 4.78 is 5.73. The average molecular weight is 250 g/mol. The van der Waals surface area contributed by atoms with Gasteiger partial charge in [0.15, 0.2) is 0 Å². The molecule has 0 heterocycles. The molecule has 0 aliphatic rings. The number of rotatable bonds is 6. The summed E-state index contributed by atoms with van der Waals surface area (Å²) >= 11 is 0. The molecule has 1 amide bonds. The molecule has 0 aliphatic heterocycles. The summed E-state index contributed by atoms with van der Waals surface area (Å²) in [6, 6.07) is 6.03. The predicted molar refractivity (Wildman–Crippen MR) is 74.3 cm³/mol. The van der Waals surface area contributed by atoms with Crippen molar-refractivity contribution in [1.82, 2.24) is 5.32 Å². The Labute approximate surface area is 109 Å². The van der Waals surface area contributed by atoms with Crippen LogP contribution in [0.15, 0.2) is 18.2 Å². The first kappa shape index (κ1) is 14.4. The van der Waals surface area contributed by atoms with Crippen LogP contribution in [0.4, 0.5) is 5.69 Å². The third-order valence-electron chi connectivity index (χ3n) is 2.69. The number of nitrogens with zero attached hydrogens (tertiary/aromatic N) is 1. The number of carbonyl (C=O) groups is 1. The molecule has 1 aromatic rings. The normalized spacial score (nSPS) is 10.0. The zero-order chi connectivity index (χ0) is 13.5. The van der Waals surface area contributed by atoms with Crippen LogP contribution < -0.4 is 15.0 Å². The maximum absolute atomic E-state index is 10.7. The van der Waals surface area contributed by atoms with Crippen molar-refractivity contribution in [2.75, 3.05) is 32.1 Å². The third kappa shape index (κ3) is 4.28. The van der Waals surface area contributed by atoms with Crippen molar-refractivity contribution in [3.63, 3.8) is 0 Å². The van der Waals surface area contributed by atoms with Crippen LogP contribution >= 0.6 is 0 Å². The quantitative estimate of drug-likeness (QED) is 0.785. The number of anilines is 1. The van der Waals surface area contributed by atoms with E-state index in [9.17, 15) is 4.79 Å². The van der Waals surface area contributed by atoms with E-state index >= 15 is 0 Å². The van der Waals surface area contributed by atoms with Gasteiger partial charge in [0, 0.05) is 38.8 Å². The molecular formula is C14H22N2O2. The molecule has 1 aromatic carbocycles. The van der Waals surface area contributed by atoms with Gasteiger partial charge in [-0.15, -0.1) is 0 Å². The van der Waals surface area contributed by atoms with Crippen LogP contribution in [0.3, 0.4) is 0 Å². The first-order valence-corrected chi connectivity index (χ1v) is 6.16. The molecule has 1 rings (SSSR count). The summed E-state index contributed by atoms with van der Waals surface area (Å²) in [5, 5.41) is 2.75. The first-order chi connectivity index (χ1) is 8.52. The van der Waals surface area contributed by atoms with Crippen LogP contribution in [-0.4, -0.2) is 33.2 Å². The molecule has 0 aliphatic carbocycles. The minimum atomic E-state index is 0.000727.